The van der Waals surface area contributed by atoms with E-state index >= 15 is 0 Å². The maximum atomic E-state index is 5.63. The number of halogens is 2. The molecule has 0 bridgehead atoms. The van der Waals surface area contributed by atoms with Gasteiger partial charge in [-0.2, -0.15) is 0 Å². The van der Waals surface area contributed by atoms with Crippen molar-refractivity contribution in [2.45, 2.75) is 104 Å². The Kier molecular flexibility index (Phi) is 9.11. The molecule has 0 N–H and O–H groups in total. The molecule has 3 aromatic rings. The molecule has 0 aromatic heterocycles. The SMILES string of the molecule is Cl.Cl.[CH2]=[Zr]([CH3])([C]1=CC(C(C)(C)C)=CC1CCC)([C]1=C(C)c2cc3c(cc2C1(C)C)Cc1cc2c(cc1-3)C(C)=CC2(C)C)[c]1ccccc1. The summed E-state index contributed by atoms with van der Waals surface area (Å²) in [4.78, 5) is 0. The van der Waals surface area contributed by atoms with Gasteiger partial charge in [0.25, 0.3) is 0 Å². The van der Waals surface area contributed by atoms with Crippen LogP contribution in [-0.4, -0.2) is 4.21 Å². The Morgan fingerprint density at radius 2 is 1.42 bits per heavy atom. The number of benzene rings is 3. The molecule has 254 valence electrons. The molecule has 48 heavy (non-hydrogen) atoms. The van der Waals surface area contributed by atoms with Gasteiger partial charge in [0.05, 0.1) is 0 Å². The van der Waals surface area contributed by atoms with E-state index in [1.165, 1.54) is 77.3 Å². The standard InChI is InChI=1S/C25H25.C12H19.C6H5.CH3.CH2.2ClH.Zr/c1-14-12-24(3,4)22-8-16-7-17-9-23-19(15(2)13-25(23,5)6)11-21(17)20(16)10-18(14)22;1-5-6-10-7-8-11(9-10)12(2,3)4;1-2-4-6-5-3-1;;;;;/h8-12H,7H2,1-6H3;8-10H,5-6H2,1-4H3;1-5H;1H3;1H2;2*1H;. The minimum absolute atomic E-state index is 0. The molecule has 0 fully saturated rings. The predicted octanol–water partition coefficient (Wildman–Crippen LogP) is 12.6. The van der Waals surface area contributed by atoms with Gasteiger partial charge in [0, 0.05) is 0 Å². The molecule has 1 unspecified atom stereocenters. The van der Waals surface area contributed by atoms with Gasteiger partial charge in [0.2, 0.25) is 0 Å². The number of fused-ring (bicyclic) bond motifs is 5. The predicted molar refractivity (Wildman–Crippen MR) is 215 cm³/mol. The van der Waals surface area contributed by atoms with Crippen LogP contribution >= 0.6 is 24.8 Å². The minimum atomic E-state index is -4.40. The van der Waals surface area contributed by atoms with Gasteiger partial charge in [0.15, 0.2) is 0 Å². The van der Waals surface area contributed by atoms with Crippen LogP contribution in [0, 0.1) is 11.3 Å². The quantitative estimate of drug-likeness (QED) is 0.190. The van der Waals surface area contributed by atoms with Crippen molar-refractivity contribution in [2.24, 2.45) is 11.3 Å². The Morgan fingerprint density at radius 3 is 2.00 bits per heavy atom. The van der Waals surface area contributed by atoms with E-state index in [1.54, 1.807) is 6.56 Å². The Morgan fingerprint density at radius 1 is 0.833 bits per heavy atom. The molecule has 0 heterocycles. The molecule has 7 rings (SSSR count). The van der Waals surface area contributed by atoms with Crippen LogP contribution in [0.15, 0.2) is 85.0 Å². The average Bonchev–Trinajstić information content (AvgIpc) is 3.68. The monoisotopic (exact) mass is 756 g/mol. The molecular formula is C45H56Cl2Zr. The molecular weight excluding hydrogens is 703 g/mol. The van der Waals surface area contributed by atoms with E-state index in [0.29, 0.717) is 5.92 Å². The second-order valence-electron chi connectivity index (χ2n) is 17.7. The first-order valence-electron chi connectivity index (χ1n) is 17.7. The van der Waals surface area contributed by atoms with Gasteiger partial charge in [-0.1, -0.05) is 0 Å². The van der Waals surface area contributed by atoms with Crippen LogP contribution in [0.1, 0.15) is 115 Å². The van der Waals surface area contributed by atoms with Gasteiger partial charge in [-0.25, -0.2) is 0 Å². The van der Waals surface area contributed by atoms with E-state index in [2.05, 4.69) is 147 Å². The molecule has 4 aliphatic carbocycles. The summed E-state index contributed by atoms with van der Waals surface area (Å²) < 4.78 is 13.1. The molecule has 0 spiro atoms. The summed E-state index contributed by atoms with van der Waals surface area (Å²) in [6.07, 6.45) is 11.1. The summed E-state index contributed by atoms with van der Waals surface area (Å²) in [6.45, 7) is 24.0. The third kappa shape index (κ3) is 5.11. The van der Waals surface area contributed by atoms with Crippen molar-refractivity contribution < 1.29 is 18.3 Å². The zero-order valence-electron chi connectivity index (χ0n) is 31.2. The zero-order chi connectivity index (χ0) is 33.2. The Labute approximate surface area is 304 Å². The van der Waals surface area contributed by atoms with E-state index in [9.17, 15) is 0 Å². The van der Waals surface area contributed by atoms with Crippen LogP contribution in [-0.2, 0) is 35.5 Å². The third-order valence-electron chi connectivity index (χ3n) is 12.5. The third-order valence-corrected chi connectivity index (χ3v) is 28.1. The van der Waals surface area contributed by atoms with E-state index in [-0.39, 0.29) is 41.1 Å². The fourth-order valence-corrected chi connectivity index (χ4v) is 27.1. The first kappa shape index (κ1) is 37.2. The van der Waals surface area contributed by atoms with Gasteiger partial charge in [-0.15, -0.1) is 24.8 Å². The molecule has 0 radical (unpaired) electrons. The summed E-state index contributed by atoms with van der Waals surface area (Å²) in [5.41, 5.74) is 16.3. The molecule has 3 aromatic carbocycles. The van der Waals surface area contributed by atoms with E-state index in [4.69, 9.17) is 4.21 Å². The van der Waals surface area contributed by atoms with Crippen LogP contribution in [0.25, 0.3) is 22.3 Å². The summed E-state index contributed by atoms with van der Waals surface area (Å²) in [5, 5.41) is 0. The molecule has 0 aliphatic heterocycles. The van der Waals surface area contributed by atoms with Crippen LogP contribution in [0.5, 0.6) is 0 Å². The topological polar surface area (TPSA) is 0 Å². The Balaban J connectivity index is 0.00000225. The van der Waals surface area contributed by atoms with Crippen molar-refractivity contribution in [1.29, 1.82) is 0 Å². The zero-order valence-corrected chi connectivity index (χ0v) is 35.2. The normalized spacial score (nSPS) is 20.2. The number of rotatable bonds is 5. The van der Waals surface area contributed by atoms with Gasteiger partial charge in [-0.05, 0) is 0 Å². The number of allylic oxidation sites excluding steroid dienone is 8. The van der Waals surface area contributed by atoms with Gasteiger partial charge in [-0.3, -0.25) is 0 Å². The molecule has 4 aliphatic rings. The van der Waals surface area contributed by atoms with E-state index in [1.807, 2.05) is 0 Å². The van der Waals surface area contributed by atoms with Crippen molar-refractivity contribution in [1.82, 2.24) is 0 Å². The van der Waals surface area contributed by atoms with Gasteiger partial charge >= 0.3 is 282 Å². The van der Waals surface area contributed by atoms with Crippen molar-refractivity contribution in [3.63, 3.8) is 0 Å². The second kappa shape index (κ2) is 11.8. The van der Waals surface area contributed by atoms with Crippen LogP contribution < -0.4 is 3.27 Å². The fraction of sp³-hybridized carbons (Fsp3) is 0.400. The maximum absolute atomic E-state index is 5.63. The molecule has 0 amide bonds. The molecule has 0 saturated carbocycles. The summed E-state index contributed by atoms with van der Waals surface area (Å²) in [6, 6.07) is 21.8. The van der Waals surface area contributed by atoms with Crippen molar-refractivity contribution in [2.75, 3.05) is 0 Å². The molecule has 0 saturated heterocycles. The fourth-order valence-electron chi connectivity index (χ4n) is 10.5. The van der Waals surface area contributed by atoms with Gasteiger partial charge in [0.1, 0.15) is 0 Å². The molecule has 0 nitrogen and oxygen atoms in total. The summed E-state index contributed by atoms with van der Waals surface area (Å²) >= 11 is -4.40. The summed E-state index contributed by atoms with van der Waals surface area (Å²) in [5.74, 6) is 0.451. The van der Waals surface area contributed by atoms with E-state index in [0.717, 1.165) is 6.42 Å². The molecule has 3 heteroatoms. The van der Waals surface area contributed by atoms with Crippen LogP contribution in [0.3, 0.4) is 0 Å². The van der Waals surface area contributed by atoms with Crippen LogP contribution in [0.4, 0.5) is 0 Å². The first-order valence-corrected chi connectivity index (χ1v) is 25.6. The van der Waals surface area contributed by atoms with Crippen LogP contribution in [0.2, 0.25) is 4.63 Å². The van der Waals surface area contributed by atoms with E-state index < -0.39 is 18.3 Å². The Bertz CT molecular complexity index is 2040. The number of hydrogen-bond acceptors (Lipinski definition) is 0. The Hall–Kier alpha value is -2.05. The van der Waals surface area contributed by atoms with Gasteiger partial charge < -0.3 is 0 Å². The number of hydrogen-bond donors (Lipinski definition) is 0. The molecule has 1 atom stereocenters. The van der Waals surface area contributed by atoms with Crippen molar-refractivity contribution >= 4 is 43.4 Å². The first-order chi connectivity index (χ1) is 21.4. The second-order valence-corrected chi connectivity index (χ2v) is 31.6. The average molecular weight is 759 g/mol. The van der Waals surface area contributed by atoms with Crippen molar-refractivity contribution in [3.05, 3.63) is 118 Å². The van der Waals surface area contributed by atoms with Crippen molar-refractivity contribution in [3.8, 4) is 11.1 Å². The summed E-state index contributed by atoms with van der Waals surface area (Å²) in [7, 11) is 0.